The Morgan fingerprint density at radius 3 is 2.22 bits per heavy atom. The molecule has 7 nitrogen and oxygen atoms in total. The second-order valence-corrected chi connectivity index (χ2v) is 12.6. The van der Waals surface area contributed by atoms with Crippen LogP contribution < -0.4 is 13.8 Å². The van der Waals surface area contributed by atoms with Crippen LogP contribution in [0, 0.1) is 0 Å². The van der Waals surface area contributed by atoms with E-state index in [1.807, 2.05) is 39.9 Å². The Bertz CT molecular complexity index is 1160. The van der Waals surface area contributed by atoms with Gasteiger partial charge in [-0.25, -0.2) is 4.57 Å². The summed E-state index contributed by atoms with van der Waals surface area (Å²) in [6, 6.07) is 15.2. The van der Waals surface area contributed by atoms with E-state index in [0.29, 0.717) is 6.54 Å². The van der Waals surface area contributed by atoms with Crippen LogP contribution in [0.1, 0.15) is 82.3 Å². The van der Waals surface area contributed by atoms with Crippen molar-refractivity contribution in [2.75, 3.05) is 20.3 Å². The molecule has 226 valence electrons. The summed E-state index contributed by atoms with van der Waals surface area (Å²) in [7, 11) is -2.82. The lowest BCUT2D eigenvalue weighted by atomic mass is 10.0. The van der Waals surface area contributed by atoms with Crippen molar-refractivity contribution in [3.05, 3.63) is 76.7 Å². The van der Waals surface area contributed by atoms with Crippen molar-refractivity contribution < 1.29 is 32.5 Å². The SMILES string of the molecule is CCCCCCCCCCCCc1cccc(OCC(COP(=O)(O)Oc2cccc(C[n+]3ccsc3)c2)OC)c1. The molecule has 1 aromatic heterocycles. The molecule has 1 heterocycles. The van der Waals surface area contributed by atoms with E-state index in [0.717, 1.165) is 17.7 Å². The van der Waals surface area contributed by atoms with Crippen molar-refractivity contribution in [1.29, 1.82) is 0 Å². The van der Waals surface area contributed by atoms with Crippen LogP contribution in [0.15, 0.2) is 65.6 Å². The third-order valence-corrected chi connectivity index (χ3v) is 8.51. The maximum absolute atomic E-state index is 12.6. The summed E-state index contributed by atoms with van der Waals surface area (Å²) in [5.41, 5.74) is 4.19. The van der Waals surface area contributed by atoms with Crippen molar-refractivity contribution in [3.8, 4) is 11.5 Å². The molecule has 0 saturated heterocycles. The standard InChI is InChI=1S/C32H46NO6PS/c1-3-4-5-6-7-8-9-10-11-12-15-28-16-13-18-30(22-28)37-25-32(36-2)26-38-40(34,35)39-31-19-14-17-29(23-31)24-33-20-21-41-27-33/h13-14,16-23,27,32H,3-12,15,24-26H2,1-2H3/p+1. The van der Waals surface area contributed by atoms with E-state index < -0.39 is 13.9 Å². The number of phosphoric acid groups is 1. The maximum atomic E-state index is 12.6. The van der Waals surface area contributed by atoms with Gasteiger partial charge in [-0.2, -0.15) is 4.57 Å². The van der Waals surface area contributed by atoms with Crippen LogP contribution in [0.2, 0.25) is 0 Å². The van der Waals surface area contributed by atoms with Gasteiger partial charge in [-0.05, 0) is 42.7 Å². The van der Waals surface area contributed by atoms with Crippen LogP contribution in [-0.4, -0.2) is 31.3 Å². The van der Waals surface area contributed by atoms with E-state index in [4.69, 9.17) is 18.5 Å². The molecule has 2 unspecified atom stereocenters. The monoisotopic (exact) mass is 604 g/mol. The number of rotatable bonds is 22. The van der Waals surface area contributed by atoms with Crippen molar-refractivity contribution >= 4 is 19.2 Å². The maximum Gasteiger partial charge on any atom is 0.527 e. The fraction of sp³-hybridized carbons (Fsp3) is 0.531. The van der Waals surface area contributed by atoms with Crippen molar-refractivity contribution in [1.82, 2.24) is 0 Å². The predicted octanol–water partition coefficient (Wildman–Crippen LogP) is 8.14. The zero-order valence-electron chi connectivity index (χ0n) is 24.6. The van der Waals surface area contributed by atoms with Gasteiger partial charge in [-0.1, -0.05) is 100 Å². The highest BCUT2D eigenvalue weighted by atomic mass is 32.1. The summed E-state index contributed by atoms with van der Waals surface area (Å²) in [5.74, 6) is 1.02. The zero-order chi connectivity index (χ0) is 29.2. The molecule has 0 bridgehead atoms. The molecule has 0 radical (unpaired) electrons. The van der Waals surface area contributed by atoms with Crippen LogP contribution in [0.25, 0.3) is 0 Å². The molecule has 2 atom stereocenters. The molecule has 3 rings (SSSR count). The quantitative estimate of drug-likeness (QED) is 0.0709. The molecule has 2 aromatic carbocycles. The highest BCUT2D eigenvalue weighted by Crippen LogP contribution is 2.44. The Morgan fingerprint density at radius 1 is 0.878 bits per heavy atom. The Kier molecular flexibility index (Phi) is 15.5. The number of benzene rings is 2. The first kappa shape index (κ1) is 33.3. The summed E-state index contributed by atoms with van der Waals surface area (Å²) in [5, 5.41) is 1.99. The lowest BCUT2D eigenvalue weighted by Crippen LogP contribution is -2.30. The third kappa shape index (κ3) is 14.0. The number of nitrogens with zero attached hydrogens (tertiary/aromatic N) is 1. The molecular formula is C32H47NO6PS+. The normalized spacial score (nSPS) is 13.5. The predicted molar refractivity (Wildman–Crippen MR) is 165 cm³/mol. The number of unbranched alkanes of at least 4 members (excludes halogenated alkanes) is 9. The van der Waals surface area contributed by atoms with Crippen molar-refractivity contribution in [2.24, 2.45) is 0 Å². The molecule has 9 heteroatoms. The van der Waals surface area contributed by atoms with E-state index >= 15 is 0 Å². The minimum absolute atomic E-state index is 0.146. The summed E-state index contributed by atoms with van der Waals surface area (Å²) in [6.45, 7) is 2.94. The van der Waals surface area contributed by atoms with Crippen LogP contribution >= 0.6 is 19.2 Å². The topological polar surface area (TPSA) is 78.1 Å². The van der Waals surface area contributed by atoms with E-state index in [1.54, 1.807) is 29.5 Å². The van der Waals surface area contributed by atoms with Gasteiger partial charge in [0.2, 0.25) is 5.51 Å². The Hall–Kier alpha value is -2.22. The van der Waals surface area contributed by atoms with Crippen molar-refractivity contribution in [2.45, 2.75) is 90.2 Å². The lowest BCUT2D eigenvalue weighted by molar-refractivity contribution is -0.683. The molecule has 0 aliphatic rings. The molecule has 0 fully saturated rings. The minimum Gasteiger partial charge on any atom is -0.491 e. The van der Waals surface area contributed by atoms with Gasteiger partial charge in [0.05, 0.1) is 12.0 Å². The van der Waals surface area contributed by atoms with Gasteiger partial charge in [0, 0.05) is 12.7 Å². The summed E-state index contributed by atoms with van der Waals surface area (Å²) >= 11 is 1.60. The number of hydrogen-bond acceptors (Lipinski definition) is 6. The first-order valence-corrected chi connectivity index (χ1v) is 17.3. The van der Waals surface area contributed by atoms with E-state index in [9.17, 15) is 9.46 Å². The average Bonchev–Trinajstić information content (AvgIpc) is 3.47. The highest BCUT2D eigenvalue weighted by Gasteiger charge is 2.26. The summed E-state index contributed by atoms with van der Waals surface area (Å²) < 4.78 is 36.5. The molecule has 3 aromatic rings. The molecule has 41 heavy (non-hydrogen) atoms. The average molecular weight is 605 g/mol. The largest absolute Gasteiger partial charge is 0.527 e. The second kappa shape index (κ2) is 19.1. The fourth-order valence-corrected chi connectivity index (χ4v) is 5.97. The van der Waals surface area contributed by atoms with Gasteiger partial charge in [0.1, 0.15) is 24.2 Å². The highest BCUT2D eigenvalue weighted by molar-refractivity contribution is 7.47. The molecule has 0 aliphatic carbocycles. The number of thiazole rings is 1. The Labute approximate surface area is 250 Å². The van der Waals surface area contributed by atoms with Gasteiger partial charge in [0.25, 0.3) is 0 Å². The van der Waals surface area contributed by atoms with Crippen molar-refractivity contribution in [3.63, 3.8) is 0 Å². The van der Waals surface area contributed by atoms with Crippen LogP contribution in [-0.2, 0) is 26.8 Å². The first-order valence-electron chi connectivity index (χ1n) is 14.9. The zero-order valence-corrected chi connectivity index (χ0v) is 26.3. The van der Waals surface area contributed by atoms with E-state index in [2.05, 4.69) is 19.1 Å². The smallest absolute Gasteiger partial charge is 0.491 e. The minimum atomic E-state index is -4.35. The first-order chi connectivity index (χ1) is 20.0. The van der Waals surface area contributed by atoms with Crippen LogP contribution in [0.4, 0.5) is 0 Å². The van der Waals surface area contributed by atoms with Gasteiger partial charge in [-0.3, -0.25) is 9.42 Å². The van der Waals surface area contributed by atoms with Gasteiger partial charge in [0.15, 0.2) is 12.7 Å². The van der Waals surface area contributed by atoms with Gasteiger partial charge < -0.3 is 14.0 Å². The number of aromatic nitrogens is 1. The summed E-state index contributed by atoms with van der Waals surface area (Å²) in [4.78, 5) is 10.3. The molecule has 0 amide bonds. The number of phosphoric ester groups is 1. The second-order valence-electron chi connectivity index (χ2n) is 10.5. The molecule has 0 spiro atoms. The van der Waals surface area contributed by atoms with E-state index in [1.165, 1.54) is 76.9 Å². The Balaban J connectivity index is 1.35. The van der Waals surface area contributed by atoms with Gasteiger partial charge >= 0.3 is 7.82 Å². The fourth-order valence-electron chi connectivity index (χ4n) is 4.58. The number of aryl methyl sites for hydroxylation is 1. The molecule has 0 saturated carbocycles. The van der Waals surface area contributed by atoms with Gasteiger partial charge in [-0.15, -0.1) is 0 Å². The van der Waals surface area contributed by atoms with Crippen LogP contribution in [0.5, 0.6) is 11.5 Å². The van der Waals surface area contributed by atoms with Crippen LogP contribution in [0.3, 0.4) is 0 Å². The lowest BCUT2D eigenvalue weighted by Gasteiger charge is -2.19. The Morgan fingerprint density at radius 2 is 1.54 bits per heavy atom. The third-order valence-electron chi connectivity index (χ3n) is 6.92. The molecule has 0 aliphatic heterocycles. The molecular weight excluding hydrogens is 557 g/mol. The number of methoxy groups -OCH3 is 1. The summed E-state index contributed by atoms with van der Waals surface area (Å²) in [6.07, 6.45) is 15.7. The molecule has 1 N–H and O–H groups in total. The van der Waals surface area contributed by atoms with E-state index in [-0.39, 0.29) is 19.0 Å². The number of ether oxygens (including phenoxy) is 2. The number of hydrogen-bond donors (Lipinski definition) is 1.